The summed E-state index contributed by atoms with van der Waals surface area (Å²) >= 11 is 7.59. The fraction of sp³-hybridized carbons (Fsp3) is 0.143. The SMILES string of the molecule is CCc1ccc(-c2csc3ncnc(Nc4cc(C(F)(F)F)ccc4Cl)c23)cc1. The molecule has 0 unspecified atom stereocenters. The van der Waals surface area contributed by atoms with Gasteiger partial charge in [-0.25, -0.2) is 9.97 Å². The predicted octanol–water partition coefficient (Wildman–Crippen LogP) is 7.34. The lowest BCUT2D eigenvalue weighted by Crippen LogP contribution is -2.06. The standard InChI is InChI=1S/C21H15ClF3N3S/c1-2-12-3-5-13(6-4-12)15-10-29-20-18(15)19(26-11-27-20)28-17-9-14(21(23,24)25)7-8-16(17)22/h3-11H,2H2,1H3,(H,26,27,28). The highest BCUT2D eigenvalue weighted by molar-refractivity contribution is 7.17. The highest BCUT2D eigenvalue weighted by atomic mass is 35.5. The minimum Gasteiger partial charge on any atom is -0.338 e. The minimum absolute atomic E-state index is 0.139. The molecule has 148 valence electrons. The van der Waals surface area contributed by atoms with Crippen LogP contribution in [-0.4, -0.2) is 9.97 Å². The second-order valence-electron chi connectivity index (χ2n) is 6.42. The summed E-state index contributed by atoms with van der Waals surface area (Å²) in [4.78, 5) is 9.31. The first-order valence-corrected chi connectivity index (χ1v) is 10.1. The topological polar surface area (TPSA) is 37.8 Å². The predicted molar refractivity (Wildman–Crippen MR) is 112 cm³/mol. The molecule has 29 heavy (non-hydrogen) atoms. The van der Waals surface area contributed by atoms with Crippen molar-refractivity contribution in [3.8, 4) is 11.1 Å². The summed E-state index contributed by atoms with van der Waals surface area (Å²) in [6.07, 6.45) is -2.14. The van der Waals surface area contributed by atoms with E-state index in [1.54, 1.807) is 0 Å². The molecule has 0 bridgehead atoms. The van der Waals surface area contributed by atoms with Gasteiger partial charge in [-0.15, -0.1) is 11.3 Å². The normalized spacial score (nSPS) is 11.8. The summed E-state index contributed by atoms with van der Waals surface area (Å²) < 4.78 is 39.3. The Balaban J connectivity index is 1.80. The molecule has 0 aliphatic rings. The van der Waals surface area contributed by atoms with E-state index in [9.17, 15) is 13.2 Å². The molecule has 0 saturated heterocycles. The number of aromatic nitrogens is 2. The minimum atomic E-state index is -4.46. The van der Waals surface area contributed by atoms with E-state index in [-0.39, 0.29) is 10.7 Å². The number of anilines is 2. The van der Waals surface area contributed by atoms with Gasteiger partial charge in [0, 0.05) is 10.9 Å². The maximum absolute atomic E-state index is 13.1. The molecule has 0 saturated carbocycles. The monoisotopic (exact) mass is 433 g/mol. The zero-order chi connectivity index (χ0) is 20.6. The number of aryl methyl sites for hydroxylation is 1. The third kappa shape index (κ3) is 3.93. The Bertz CT molecular complexity index is 1170. The average molecular weight is 434 g/mol. The molecule has 4 aromatic rings. The van der Waals surface area contributed by atoms with Crippen LogP contribution in [0.5, 0.6) is 0 Å². The zero-order valence-electron chi connectivity index (χ0n) is 15.2. The van der Waals surface area contributed by atoms with Gasteiger partial charge in [-0.3, -0.25) is 0 Å². The second kappa shape index (κ2) is 7.65. The summed E-state index contributed by atoms with van der Waals surface area (Å²) in [5.41, 5.74) is 2.48. The number of benzene rings is 2. The van der Waals surface area contributed by atoms with Crippen molar-refractivity contribution in [3.63, 3.8) is 0 Å². The van der Waals surface area contributed by atoms with Crippen LogP contribution in [0.1, 0.15) is 18.1 Å². The Hall–Kier alpha value is -2.64. The van der Waals surface area contributed by atoms with Crippen LogP contribution in [-0.2, 0) is 12.6 Å². The third-order valence-electron chi connectivity index (χ3n) is 4.59. The molecule has 2 heterocycles. The van der Waals surface area contributed by atoms with E-state index < -0.39 is 11.7 Å². The van der Waals surface area contributed by atoms with Crippen LogP contribution in [0.2, 0.25) is 5.02 Å². The van der Waals surface area contributed by atoms with Crippen LogP contribution >= 0.6 is 22.9 Å². The molecule has 0 amide bonds. The smallest absolute Gasteiger partial charge is 0.338 e. The van der Waals surface area contributed by atoms with Gasteiger partial charge in [0.25, 0.3) is 0 Å². The number of rotatable bonds is 4. The van der Waals surface area contributed by atoms with E-state index >= 15 is 0 Å². The Morgan fingerprint density at radius 3 is 2.52 bits per heavy atom. The zero-order valence-corrected chi connectivity index (χ0v) is 16.8. The van der Waals surface area contributed by atoms with Crippen LogP contribution in [0.25, 0.3) is 21.3 Å². The van der Waals surface area contributed by atoms with Crippen LogP contribution < -0.4 is 5.32 Å². The lowest BCUT2D eigenvalue weighted by molar-refractivity contribution is -0.137. The van der Waals surface area contributed by atoms with Crippen molar-refractivity contribution in [1.29, 1.82) is 0 Å². The van der Waals surface area contributed by atoms with Gasteiger partial charge >= 0.3 is 6.18 Å². The number of fused-ring (bicyclic) bond motifs is 1. The quantitative estimate of drug-likeness (QED) is 0.366. The molecule has 0 spiro atoms. The fourth-order valence-electron chi connectivity index (χ4n) is 3.03. The molecule has 2 aromatic heterocycles. The average Bonchev–Trinajstić information content (AvgIpc) is 3.14. The van der Waals surface area contributed by atoms with Crippen molar-refractivity contribution in [2.75, 3.05) is 5.32 Å². The van der Waals surface area contributed by atoms with Gasteiger partial charge in [0.2, 0.25) is 0 Å². The Morgan fingerprint density at radius 1 is 1.07 bits per heavy atom. The molecule has 8 heteroatoms. The summed E-state index contributed by atoms with van der Waals surface area (Å²) in [6.45, 7) is 2.09. The molecule has 4 rings (SSSR count). The van der Waals surface area contributed by atoms with Crippen LogP contribution in [0.15, 0.2) is 54.2 Å². The van der Waals surface area contributed by atoms with E-state index in [0.717, 1.165) is 39.9 Å². The molecule has 3 nitrogen and oxygen atoms in total. The molecule has 0 atom stereocenters. The molecular formula is C21H15ClF3N3S. The number of hydrogen-bond acceptors (Lipinski definition) is 4. The molecule has 0 radical (unpaired) electrons. The Morgan fingerprint density at radius 2 is 1.83 bits per heavy atom. The van der Waals surface area contributed by atoms with Gasteiger partial charge in [0.05, 0.1) is 21.7 Å². The lowest BCUT2D eigenvalue weighted by atomic mass is 10.0. The Labute approximate surface area is 174 Å². The van der Waals surface area contributed by atoms with Crippen LogP contribution in [0.4, 0.5) is 24.7 Å². The summed E-state index contributed by atoms with van der Waals surface area (Å²) in [5.74, 6) is 0.409. The summed E-state index contributed by atoms with van der Waals surface area (Å²) in [7, 11) is 0. The number of halogens is 4. The number of thiophene rings is 1. The van der Waals surface area contributed by atoms with Crippen molar-refractivity contribution in [2.45, 2.75) is 19.5 Å². The first kappa shape index (κ1) is 19.7. The van der Waals surface area contributed by atoms with Gasteiger partial charge in [-0.2, -0.15) is 13.2 Å². The highest BCUT2D eigenvalue weighted by Gasteiger charge is 2.31. The lowest BCUT2D eigenvalue weighted by Gasteiger charge is -2.13. The second-order valence-corrected chi connectivity index (χ2v) is 7.68. The number of alkyl halides is 3. The van der Waals surface area contributed by atoms with E-state index in [2.05, 4.69) is 34.3 Å². The van der Waals surface area contributed by atoms with Crippen molar-refractivity contribution >= 4 is 44.7 Å². The number of nitrogens with one attached hydrogen (secondary N) is 1. The maximum Gasteiger partial charge on any atom is 0.416 e. The molecule has 0 aliphatic carbocycles. The van der Waals surface area contributed by atoms with Gasteiger partial charge in [-0.1, -0.05) is 42.8 Å². The van der Waals surface area contributed by atoms with E-state index in [4.69, 9.17) is 11.6 Å². The third-order valence-corrected chi connectivity index (χ3v) is 5.81. The summed E-state index contributed by atoms with van der Waals surface area (Å²) in [5, 5.41) is 5.86. The molecule has 0 aliphatic heterocycles. The van der Waals surface area contributed by atoms with Gasteiger partial charge < -0.3 is 5.32 Å². The van der Waals surface area contributed by atoms with Crippen molar-refractivity contribution in [3.05, 3.63) is 70.3 Å². The molecule has 2 aromatic carbocycles. The summed E-state index contributed by atoms with van der Waals surface area (Å²) in [6, 6.07) is 11.3. The van der Waals surface area contributed by atoms with Gasteiger partial charge in [0.1, 0.15) is 17.0 Å². The Kier molecular flexibility index (Phi) is 5.19. The first-order valence-electron chi connectivity index (χ1n) is 8.82. The number of hydrogen-bond donors (Lipinski definition) is 1. The fourth-order valence-corrected chi connectivity index (χ4v) is 4.11. The van der Waals surface area contributed by atoms with E-state index in [1.165, 1.54) is 29.3 Å². The van der Waals surface area contributed by atoms with E-state index in [0.29, 0.717) is 5.82 Å². The van der Waals surface area contributed by atoms with E-state index in [1.807, 2.05) is 17.5 Å². The maximum atomic E-state index is 13.1. The molecular weight excluding hydrogens is 419 g/mol. The van der Waals surface area contributed by atoms with Gasteiger partial charge in [0.15, 0.2) is 0 Å². The molecule has 0 fully saturated rings. The van der Waals surface area contributed by atoms with Crippen LogP contribution in [0, 0.1) is 0 Å². The van der Waals surface area contributed by atoms with Crippen molar-refractivity contribution in [2.24, 2.45) is 0 Å². The van der Waals surface area contributed by atoms with Crippen LogP contribution in [0.3, 0.4) is 0 Å². The number of nitrogens with zero attached hydrogens (tertiary/aromatic N) is 2. The van der Waals surface area contributed by atoms with Crippen molar-refractivity contribution in [1.82, 2.24) is 9.97 Å². The molecule has 1 N–H and O–H groups in total. The largest absolute Gasteiger partial charge is 0.416 e. The first-order chi connectivity index (χ1) is 13.9. The highest BCUT2D eigenvalue weighted by Crippen LogP contribution is 2.39. The van der Waals surface area contributed by atoms with Gasteiger partial charge in [-0.05, 0) is 35.7 Å². The van der Waals surface area contributed by atoms with Crippen molar-refractivity contribution < 1.29 is 13.2 Å².